The fourth-order valence-electron chi connectivity index (χ4n) is 3.58. The summed E-state index contributed by atoms with van der Waals surface area (Å²) in [5.41, 5.74) is 3.86. The Bertz CT molecular complexity index is 992. The summed E-state index contributed by atoms with van der Waals surface area (Å²) in [5, 5.41) is 11.7. The summed E-state index contributed by atoms with van der Waals surface area (Å²) >= 11 is 0. The summed E-state index contributed by atoms with van der Waals surface area (Å²) < 4.78 is 7.26. The Hall–Kier alpha value is -2.78. The zero-order chi connectivity index (χ0) is 21.1. The molecule has 1 aliphatic rings. The average Bonchev–Trinajstić information content (AvgIpc) is 3.13. The molecule has 0 spiro atoms. The molecule has 3 aromatic rings. The third-order valence-electron chi connectivity index (χ3n) is 5.21. The van der Waals surface area contributed by atoms with Crippen molar-refractivity contribution in [1.29, 1.82) is 0 Å². The molecule has 0 aliphatic carbocycles. The van der Waals surface area contributed by atoms with Crippen LogP contribution in [0.4, 0.5) is 17.6 Å². The molecule has 2 N–H and O–H groups in total. The van der Waals surface area contributed by atoms with Crippen molar-refractivity contribution < 1.29 is 4.74 Å². The minimum Gasteiger partial charge on any atom is -0.383 e. The molecule has 3 aromatic heterocycles. The van der Waals surface area contributed by atoms with Crippen molar-refractivity contribution in [3.8, 4) is 0 Å². The lowest BCUT2D eigenvalue weighted by atomic mass is 10.1. The summed E-state index contributed by atoms with van der Waals surface area (Å²) in [7, 11) is 1.70. The number of hydrogen-bond donors (Lipinski definition) is 2. The van der Waals surface area contributed by atoms with E-state index in [0.29, 0.717) is 13.2 Å². The lowest BCUT2D eigenvalue weighted by Crippen LogP contribution is -2.44. The van der Waals surface area contributed by atoms with Crippen molar-refractivity contribution in [1.82, 2.24) is 30.0 Å². The van der Waals surface area contributed by atoms with Gasteiger partial charge in [-0.3, -0.25) is 4.68 Å². The first-order valence-electron chi connectivity index (χ1n) is 10.5. The van der Waals surface area contributed by atoms with Gasteiger partial charge in [0.1, 0.15) is 16.9 Å². The summed E-state index contributed by atoms with van der Waals surface area (Å²) in [4.78, 5) is 16.6. The number of nitrogens with one attached hydrogen (secondary N) is 2. The van der Waals surface area contributed by atoms with Gasteiger partial charge in [0.05, 0.1) is 18.8 Å². The van der Waals surface area contributed by atoms with Crippen LogP contribution in [0.2, 0.25) is 0 Å². The molecule has 1 fully saturated rings. The number of nitrogens with zero attached hydrogens (tertiary/aromatic N) is 6. The lowest BCUT2D eigenvalue weighted by Gasteiger charge is -2.27. The first-order chi connectivity index (χ1) is 14.6. The summed E-state index contributed by atoms with van der Waals surface area (Å²) in [6, 6.07) is 4.00. The summed E-state index contributed by atoms with van der Waals surface area (Å²) in [6.07, 6.45) is 1.85. The minimum atomic E-state index is 0.243. The average molecular weight is 411 g/mol. The second-order valence-electron chi connectivity index (χ2n) is 7.91. The molecule has 9 nitrogen and oxygen atoms in total. The molecular formula is C21H30N8O. The predicted octanol–water partition coefficient (Wildman–Crippen LogP) is 2.45. The van der Waals surface area contributed by atoms with Gasteiger partial charge in [0.15, 0.2) is 5.82 Å². The Morgan fingerprint density at radius 1 is 1.20 bits per heavy atom. The van der Waals surface area contributed by atoms with E-state index in [1.807, 2.05) is 29.9 Å². The number of piperazine rings is 1. The topological polar surface area (TPSA) is 93.0 Å². The number of aromatic nitrogens is 5. The van der Waals surface area contributed by atoms with Crippen molar-refractivity contribution >= 4 is 28.6 Å². The highest BCUT2D eigenvalue weighted by atomic mass is 16.5. The third kappa shape index (κ3) is 4.22. The number of methoxy groups -OCH3 is 1. The molecule has 0 saturated carbocycles. The number of hydrogen-bond acceptors (Lipinski definition) is 8. The van der Waals surface area contributed by atoms with E-state index in [-0.39, 0.29) is 5.92 Å². The normalized spacial score (nSPS) is 14.6. The number of aryl methyl sites for hydroxylation is 1. The summed E-state index contributed by atoms with van der Waals surface area (Å²) in [5.74, 6) is 2.44. The van der Waals surface area contributed by atoms with Gasteiger partial charge in [-0.1, -0.05) is 19.9 Å². The molecule has 30 heavy (non-hydrogen) atoms. The molecule has 9 heteroatoms. The highest BCUT2D eigenvalue weighted by Crippen LogP contribution is 2.31. The van der Waals surface area contributed by atoms with E-state index >= 15 is 0 Å². The van der Waals surface area contributed by atoms with Crippen molar-refractivity contribution in [2.75, 3.05) is 50.1 Å². The standard InChI is InChI=1S/C21H30N8O/c1-14(2)17-18-19(29(27-17)11-12-30-4)20(24-16-6-5-15(3)13-23-16)26-21(25-18)28-9-7-22-8-10-28/h5-6,13-14,22H,7-12H2,1-4H3,(H,23,24,25,26). The van der Waals surface area contributed by atoms with Crippen LogP contribution in [-0.2, 0) is 11.3 Å². The molecule has 1 aliphatic heterocycles. The van der Waals surface area contributed by atoms with Gasteiger partial charge in [0.25, 0.3) is 0 Å². The Kier molecular flexibility index (Phi) is 6.10. The number of rotatable bonds is 7. The second-order valence-corrected chi connectivity index (χ2v) is 7.91. The number of pyridine rings is 1. The van der Waals surface area contributed by atoms with Crippen molar-refractivity contribution in [3.05, 3.63) is 29.6 Å². The molecule has 0 bridgehead atoms. The van der Waals surface area contributed by atoms with Gasteiger partial charge in [-0.2, -0.15) is 10.1 Å². The largest absolute Gasteiger partial charge is 0.383 e. The van der Waals surface area contributed by atoms with E-state index < -0.39 is 0 Å². The molecule has 0 radical (unpaired) electrons. The van der Waals surface area contributed by atoms with Gasteiger partial charge in [-0.05, 0) is 24.5 Å². The maximum Gasteiger partial charge on any atom is 0.228 e. The van der Waals surface area contributed by atoms with E-state index in [4.69, 9.17) is 19.8 Å². The monoisotopic (exact) mass is 410 g/mol. The molecule has 0 atom stereocenters. The van der Waals surface area contributed by atoms with Gasteiger partial charge in [-0.15, -0.1) is 0 Å². The zero-order valence-electron chi connectivity index (χ0n) is 18.1. The maximum atomic E-state index is 5.31. The Morgan fingerprint density at radius 2 is 2.00 bits per heavy atom. The van der Waals surface area contributed by atoms with Gasteiger partial charge < -0.3 is 20.3 Å². The van der Waals surface area contributed by atoms with Crippen LogP contribution in [-0.4, -0.2) is 64.6 Å². The van der Waals surface area contributed by atoms with Crippen LogP contribution >= 0.6 is 0 Å². The molecule has 0 aromatic carbocycles. The fourth-order valence-corrected chi connectivity index (χ4v) is 3.58. The molecule has 160 valence electrons. The van der Waals surface area contributed by atoms with Gasteiger partial charge >= 0.3 is 0 Å². The van der Waals surface area contributed by atoms with Crippen molar-refractivity contribution in [3.63, 3.8) is 0 Å². The zero-order valence-corrected chi connectivity index (χ0v) is 18.1. The molecule has 4 heterocycles. The molecular weight excluding hydrogens is 380 g/mol. The van der Waals surface area contributed by atoms with E-state index in [2.05, 4.69) is 34.4 Å². The van der Waals surface area contributed by atoms with Gasteiger partial charge in [-0.25, -0.2) is 9.97 Å². The highest BCUT2D eigenvalue weighted by Gasteiger charge is 2.23. The number of fused-ring (bicyclic) bond motifs is 1. The Labute approximate surface area is 176 Å². The van der Waals surface area contributed by atoms with Crippen LogP contribution in [0, 0.1) is 6.92 Å². The van der Waals surface area contributed by atoms with E-state index in [9.17, 15) is 0 Å². The first-order valence-corrected chi connectivity index (χ1v) is 10.5. The Balaban J connectivity index is 1.86. The minimum absolute atomic E-state index is 0.243. The van der Waals surface area contributed by atoms with Crippen LogP contribution in [0.15, 0.2) is 18.3 Å². The van der Waals surface area contributed by atoms with Crippen LogP contribution in [0.25, 0.3) is 11.0 Å². The SMILES string of the molecule is COCCn1nc(C(C)C)c2nc(N3CCNCC3)nc(Nc3ccc(C)cn3)c21. The van der Waals surface area contributed by atoms with Gasteiger partial charge in [0, 0.05) is 39.5 Å². The van der Waals surface area contributed by atoms with Crippen LogP contribution in [0.1, 0.15) is 31.0 Å². The van der Waals surface area contributed by atoms with Crippen LogP contribution in [0.5, 0.6) is 0 Å². The van der Waals surface area contributed by atoms with E-state index in [1.165, 1.54) is 0 Å². The second kappa shape index (κ2) is 8.93. The van der Waals surface area contributed by atoms with Crippen LogP contribution in [0.3, 0.4) is 0 Å². The molecule has 0 amide bonds. The van der Waals surface area contributed by atoms with Crippen molar-refractivity contribution in [2.45, 2.75) is 33.2 Å². The predicted molar refractivity (Wildman–Crippen MR) is 119 cm³/mol. The van der Waals surface area contributed by atoms with Crippen molar-refractivity contribution in [2.24, 2.45) is 0 Å². The van der Waals surface area contributed by atoms with Gasteiger partial charge in [0.2, 0.25) is 5.95 Å². The molecule has 0 unspecified atom stereocenters. The smallest absolute Gasteiger partial charge is 0.228 e. The highest BCUT2D eigenvalue weighted by molar-refractivity contribution is 5.90. The molecule has 1 saturated heterocycles. The Morgan fingerprint density at radius 3 is 2.67 bits per heavy atom. The fraction of sp³-hybridized carbons (Fsp3) is 0.524. The maximum absolute atomic E-state index is 5.31. The van der Waals surface area contributed by atoms with E-state index in [0.717, 1.165) is 66.1 Å². The van der Waals surface area contributed by atoms with E-state index in [1.54, 1.807) is 7.11 Å². The first kappa shape index (κ1) is 20.5. The quantitative estimate of drug-likeness (QED) is 0.614. The molecule has 4 rings (SSSR count). The lowest BCUT2D eigenvalue weighted by molar-refractivity contribution is 0.184. The number of anilines is 3. The third-order valence-corrected chi connectivity index (χ3v) is 5.21. The summed E-state index contributed by atoms with van der Waals surface area (Å²) in [6.45, 7) is 11.1. The van der Waals surface area contributed by atoms with Crippen LogP contribution < -0.4 is 15.5 Å². The number of ether oxygens (including phenoxy) is 1.